The fourth-order valence-corrected chi connectivity index (χ4v) is 1.15. The van der Waals surface area contributed by atoms with E-state index in [2.05, 4.69) is 0 Å². The van der Waals surface area contributed by atoms with Crippen molar-refractivity contribution in [3.63, 3.8) is 0 Å². The fourth-order valence-electron chi connectivity index (χ4n) is 1.15. The van der Waals surface area contributed by atoms with Crippen LogP contribution in [0.1, 0.15) is 10.4 Å². The molecule has 1 aromatic rings. The zero-order valence-corrected chi connectivity index (χ0v) is 9.19. The Morgan fingerprint density at radius 3 is 2.42 bits per heavy atom. The normalized spacial score (nSPS) is 11.7. The Kier molecular flexibility index (Phi) is 4.28. The number of carbonyl (C=O) groups excluding carboxylic acids is 1. The number of nitrogen functional groups attached to an aromatic ring is 1. The average Bonchev–Trinajstić information content (AvgIpc) is 2.30. The molecule has 0 unspecified atom stereocenters. The maximum atomic E-state index is 13.3. The molecule has 0 aliphatic heterocycles. The molecule has 0 aromatic heterocycles. The molecule has 1 amide bonds. The van der Waals surface area contributed by atoms with Crippen molar-refractivity contribution in [2.45, 2.75) is 12.3 Å². The minimum atomic E-state index is -4.47. The van der Waals surface area contributed by atoms with Gasteiger partial charge < -0.3 is 11.1 Å². The van der Waals surface area contributed by atoms with Gasteiger partial charge in [-0.2, -0.15) is 8.78 Å². The van der Waals surface area contributed by atoms with Crippen LogP contribution in [-0.2, 0) is 0 Å². The largest absolute Gasteiger partial charge is 0.396 e. The lowest BCUT2D eigenvalue weighted by molar-refractivity contribution is -0.123. The minimum absolute atomic E-state index is 0.418. The molecule has 0 atom stereocenters. The van der Waals surface area contributed by atoms with Gasteiger partial charge in [0.2, 0.25) is 0 Å². The summed E-state index contributed by atoms with van der Waals surface area (Å²) in [5, 5.41) is 1.38. The maximum absolute atomic E-state index is 13.3. The van der Waals surface area contributed by atoms with E-state index < -0.39 is 47.7 Å². The Morgan fingerprint density at radius 2 is 1.89 bits per heavy atom. The molecule has 9 heteroatoms. The van der Waals surface area contributed by atoms with Crippen molar-refractivity contribution in [1.82, 2.24) is 5.32 Å². The topological polar surface area (TPSA) is 55.1 Å². The fraction of sp³-hybridized carbons (Fsp3) is 0.300. The Hall–Kier alpha value is -1.93. The summed E-state index contributed by atoms with van der Waals surface area (Å²) in [4.78, 5) is 11.3. The highest BCUT2D eigenvalue weighted by atomic mass is 19.3. The maximum Gasteiger partial charge on any atom is 0.324 e. The van der Waals surface area contributed by atoms with Gasteiger partial charge >= 0.3 is 12.3 Å². The molecule has 1 rings (SSSR count). The summed E-state index contributed by atoms with van der Waals surface area (Å²) in [6.07, 6.45) is -3.99. The molecule has 0 fully saturated rings. The molecule has 0 bridgehead atoms. The zero-order chi connectivity index (χ0) is 14.8. The van der Waals surface area contributed by atoms with Gasteiger partial charge in [-0.15, -0.1) is 0 Å². The lowest BCUT2D eigenvalue weighted by Gasteiger charge is -2.16. The van der Waals surface area contributed by atoms with E-state index in [1.807, 2.05) is 0 Å². The molecule has 3 nitrogen and oxygen atoms in total. The minimum Gasteiger partial charge on any atom is -0.396 e. The number of hydrogen-bond acceptors (Lipinski definition) is 2. The Bertz CT molecular complexity index is 491. The molecule has 3 N–H and O–H groups in total. The van der Waals surface area contributed by atoms with Crippen LogP contribution in [0.2, 0.25) is 0 Å². The van der Waals surface area contributed by atoms with E-state index >= 15 is 0 Å². The number of alkyl halides is 4. The Balaban J connectivity index is 2.86. The first-order valence-electron chi connectivity index (χ1n) is 4.84. The molecule has 0 aliphatic carbocycles. The van der Waals surface area contributed by atoms with Gasteiger partial charge in [-0.05, 0) is 12.1 Å². The van der Waals surface area contributed by atoms with Crippen molar-refractivity contribution in [2.75, 3.05) is 12.3 Å². The summed E-state index contributed by atoms with van der Waals surface area (Å²) in [6, 6.07) is 1.00. The number of rotatable bonds is 4. The molecular formula is C10H8F6N2O. The van der Waals surface area contributed by atoms with E-state index in [1.165, 1.54) is 5.32 Å². The van der Waals surface area contributed by atoms with Crippen molar-refractivity contribution >= 4 is 11.6 Å². The standard InChI is InChI=1S/C10H8F6N2O/c11-4-1-5(7(12)6(17)2-4)8(19)18-3-10(15,16)9(13)14/h1-2,9H,3,17H2,(H,18,19). The van der Waals surface area contributed by atoms with Gasteiger partial charge in [0.05, 0.1) is 17.8 Å². The van der Waals surface area contributed by atoms with Crippen LogP contribution >= 0.6 is 0 Å². The second kappa shape index (κ2) is 5.37. The van der Waals surface area contributed by atoms with Gasteiger partial charge in [0.25, 0.3) is 5.91 Å². The summed E-state index contributed by atoms with van der Waals surface area (Å²) < 4.78 is 74.9. The van der Waals surface area contributed by atoms with Crippen molar-refractivity contribution < 1.29 is 31.1 Å². The number of hydrogen-bond donors (Lipinski definition) is 2. The first-order chi connectivity index (χ1) is 8.65. The van der Waals surface area contributed by atoms with Gasteiger partial charge in [0.15, 0.2) is 5.82 Å². The highest BCUT2D eigenvalue weighted by Gasteiger charge is 2.41. The number of nitrogens with one attached hydrogen (secondary N) is 1. The van der Waals surface area contributed by atoms with E-state index in [1.54, 1.807) is 0 Å². The number of nitrogens with two attached hydrogens (primary N) is 1. The number of carbonyl (C=O) groups is 1. The molecule has 0 radical (unpaired) electrons. The van der Waals surface area contributed by atoms with E-state index in [4.69, 9.17) is 5.73 Å². The summed E-state index contributed by atoms with van der Waals surface area (Å²) in [5.41, 5.74) is 3.38. The van der Waals surface area contributed by atoms with Crippen LogP contribution in [0, 0.1) is 11.6 Å². The first kappa shape index (κ1) is 15.1. The number of halogens is 6. The molecule has 0 spiro atoms. The van der Waals surface area contributed by atoms with Crippen molar-refractivity contribution in [1.29, 1.82) is 0 Å². The van der Waals surface area contributed by atoms with Crippen LogP contribution in [0.4, 0.5) is 32.0 Å². The third kappa shape index (κ3) is 3.52. The van der Waals surface area contributed by atoms with E-state index in [9.17, 15) is 31.1 Å². The Morgan fingerprint density at radius 1 is 1.32 bits per heavy atom. The molecule has 0 aliphatic rings. The van der Waals surface area contributed by atoms with Gasteiger partial charge in [0, 0.05) is 0 Å². The van der Waals surface area contributed by atoms with Crippen LogP contribution in [0.25, 0.3) is 0 Å². The smallest absolute Gasteiger partial charge is 0.324 e. The lowest BCUT2D eigenvalue weighted by atomic mass is 10.1. The average molecular weight is 286 g/mol. The molecule has 19 heavy (non-hydrogen) atoms. The van der Waals surface area contributed by atoms with E-state index in [0.717, 1.165) is 0 Å². The molecule has 0 saturated heterocycles. The molecule has 0 heterocycles. The van der Waals surface area contributed by atoms with Crippen LogP contribution in [-0.4, -0.2) is 24.8 Å². The first-order valence-corrected chi connectivity index (χ1v) is 4.84. The summed E-state index contributed by atoms with van der Waals surface area (Å²) >= 11 is 0. The number of amides is 1. The second-order valence-corrected chi connectivity index (χ2v) is 3.60. The van der Waals surface area contributed by atoms with Gasteiger partial charge in [-0.3, -0.25) is 4.79 Å². The van der Waals surface area contributed by atoms with Gasteiger partial charge in [0.1, 0.15) is 5.82 Å². The van der Waals surface area contributed by atoms with Gasteiger partial charge in [-0.25, -0.2) is 17.6 Å². The molecular weight excluding hydrogens is 278 g/mol. The third-order valence-electron chi connectivity index (χ3n) is 2.11. The predicted octanol–water partition coefficient (Wildman–Crippen LogP) is 2.18. The summed E-state index contributed by atoms with van der Waals surface area (Å²) in [7, 11) is 0. The van der Waals surface area contributed by atoms with Gasteiger partial charge in [-0.1, -0.05) is 0 Å². The second-order valence-electron chi connectivity index (χ2n) is 3.60. The summed E-state index contributed by atoms with van der Waals surface area (Å²) in [5.74, 6) is -8.32. The quantitative estimate of drug-likeness (QED) is 0.658. The SMILES string of the molecule is Nc1cc(F)cc(C(=O)NCC(F)(F)C(F)F)c1F. The highest BCUT2D eigenvalue weighted by molar-refractivity contribution is 5.95. The lowest BCUT2D eigenvalue weighted by Crippen LogP contribution is -2.41. The van der Waals surface area contributed by atoms with Crippen LogP contribution in [0.15, 0.2) is 12.1 Å². The Labute approximate surface area is 103 Å². The number of anilines is 1. The number of benzene rings is 1. The van der Waals surface area contributed by atoms with Crippen molar-refractivity contribution in [3.05, 3.63) is 29.3 Å². The molecule has 1 aromatic carbocycles. The molecule has 0 saturated carbocycles. The molecule has 106 valence electrons. The van der Waals surface area contributed by atoms with E-state index in [0.29, 0.717) is 12.1 Å². The third-order valence-corrected chi connectivity index (χ3v) is 2.11. The summed E-state index contributed by atoms with van der Waals surface area (Å²) in [6.45, 7) is -1.71. The monoisotopic (exact) mass is 286 g/mol. The van der Waals surface area contributed by atoms with Crippen molar-refractivity contribution in [3.8, 4) is 0 Å². The highest BCUT2D eigenvalue weighted by Crippen LogP contribution is 2.22. The van der Waals surface area contributed by atoms with Crippen molar-refractivity contribution in [2.24, 2.45) is 0 Å². The van der Waals surface area contributed by atoms with Crippen LogP contribution in [0.3, 0.4) is 0 Å². The van der Waals surface area contributed by atoms with Crippen LogP contribution in [0.5, 0.6) is 0 Å². The van der Waals surface area contributed by atoms with Crippen LogP contribution < -0.4 is 11.1 Å². The van der Waals surface area contributed by atoms with E-state index in [-0.39, 0.29) is 0 Å². The predicted molar refractivity (Wildman–Crippen MR) is 54.1 cm³/mol. The zero-order valence-electron chi connectivity index (χ0n) is 9.19.